The van der Waals surface area contributed by atoms with E-state index in [1.807, 2.05) is 48.5 Å². The van der Waals surface area contributed by atoms with Crippen LogP contribution in [0.2, 0.25) is 5.02 Å². The number of benzene rings is 2. The highest BCUT2D eigenvalue weighted by atomic mass is 35.5. The van der Waals surface area contributed by atoms with Gasteiger partial charge in [-0.05, 0) is 23.6 Å². The van der Waals surface area contributed by atoms with Gasteiger partial charge in [-0.3, -0.25) is 5.32 Å². The van der Waals surface area contributed by atoms with Crippen LogP contribution in [0.15, 0.2) is 66.2 Å². The smallest absolute Gasteiger partial charge is 0.375 e. The van der Waals surface area contributed by atoms with E-state index in [2.05, 4.69) is 10.3 Å². The Labute approximate surface area is 169 Å². The molecule has 0 aliphatic rings. The number of halogens is 1. The Morgan fingerprint density at radius 3 is 2.75 bits per heavy atom. The standard InChI is InChI=1S/C20H14ClN3O3S/c21-15-7-3-2-6-14(15)16-12-28-19(22-16)23-20(26)27-18(25)11-24-10-9-13-5-1-4-8-17(13)24/h1-10,12H,11H2,(H,22,23,26). The van der Waals surface area contributed by atoms with E-state index < -0.39 is 12.1 Å². The molecule has 4 aromatic rings. The van der Waals surface area contributed by atoms with E-state index in [0.717, 1.165) is 16.5 Å². The summed E-state index contributed by atoms with van der Waals surface area (Å²) in [5, 5.41) is 6.13. The lowest BCUT2D eigenvalue weighted by atomic mass is 10.2. The summed E-state index contributed by atoms with van der Waals surface area (Å²) in [5.41, 5.74) is 2.29. The van der Waals surface area contributed by atoms with Crippen molar-refractivity contribution in [2.45, 2.75) is 6.54 Å². The number of hydrogen-bond acceptors (Lipinski definition) is 5. The molecule has 4 rings (SSSR count). The molecule has 1 N–H and O–H groups in total. The van der Waals surface area contributed by atoms with E-state index in [9.17, 15) is 9.59 Å². The van der Waals surface area contributed by atoms with Crippen LogP contribution in [-0.4, -0.2) is 21.6 Å². The lowest BCUT2D eigenvalue weighted by Gasteiger charge is -2.05. The number of anilines is 1. The molecular weight excluding hydrogens is 398 g/mol. The van der Waals surface area contributed by atoms with E-state index in [0.29, 0.717) is 15.8 Å². The third-order valence-corrected chi connectivity index (χ3v) is 5.14. The molecule has 0 spiro atoms. The van der Waals surface area contributed by atoms with Gasteiger partial charge >= 0.3 is 12.1 Å². The average Bonchev–Trinajstić information content (AvgIpc) is 3.29. The maximum Gasteiger partial charge on any atom is 0.421 e. The van der Waals surface area contributed by atoms with Gasteiger partial charge in [-0.15, -0.1) is 11.3 Å². The highest BCUT2D eigenvalue weighted by Crippen LogP contribution is 2.30. The number of carbonyl (C=O) groups is 2. The molecule has 2 aromatic heterocycles. The van der Waals surface area contributed by atoms with Crippen molar-refractivity contribution in [2.75, 3.05) is 5.32 Å². The third kappa shape index (κ3) is 3.90. The van der Waals surface area contributed by atoms with Crippen molar-refractivity contribution < 1.29 is 14.3 Å². The highest BCUT2D eigenvalue weighted by molar-refractivity contribution is 7.14. The summed E-state index contributed by atoms with van der Waals surface area (Å²) in [6, 6.07) is 16.8. The lowest BCUT2D eigenvalue weighted by Crippen LogP contribution is -2.21. The second-order valence-electron chi connectivity index (χ2n) is 5.91. The number of carbonyl (C=O) groups excluding carboxylic acids is 2. The number of thiazole rings is 1. The van der Waals surface area contributed by atoms with Crippen molar-refractivity contribution in [3.63, 3.8) is 0 Å². The molecule has 0 unspecified atom stereocenters. The largest absolute Gasteiger partial charge is 0.421 e. The van der Waals surface area contributed by atoms with E-state index in [1.54, 1.807) is 22.2 Å². The number of esters is 1. The molecule has 140 valence electrons. The van der Waals surface area contributed by atoms with E-state index in [1.165, 1.54) is 11.3 Å². The minimum absolute atomic E-state index is 0.0658. The van der Waals surface area contributed by atoms with E-state index in [4.69, 9.17) is 16.3 Å². The Morgan fingerprint density at radius 2 is 1.89 bits per heavy atom. The number of rotatable bonds is 4. The Kier molecular flexibility index (Phi) is 5.10. The van der Waals surface area contributed by atoms with Crippen LogP contribution < -0.4 is 5.32 Å². The molecule has 28 heavy (non-hydrogen) atoms. The van der Waals surface area contributed by atoms with Gasteiger partial charge in [0.2, 0.25) is 0 Å². The Hall–Kier alpha value is -3.16. The number of para-hydroxylation sites is 1. The zero-order chi connectivity index (χ0) is 19.5. The van der Waals surface area contributed by atoms with Crippen molar-refractivity contribution in [3.05, 3.63) is 71.2 Å². The summed E-state index contributed by atoms with van der Waals surface area (Å²) in [5.74, 6) is -0.665. The first-order valence-electron chi connectivity index (χ1n) is 8.36. The molecule has 0 saturated heterocycles. The lowest BCUT2D eigenvalue weighted by molar-refractivity contribution is -0.137. The SMILES string of the molecule is O=C(Cn1ccc2ccccc21)OC(=O)Nc1nc(-c2ccccc2Cl)cs1. The molecule has 0 saturated carbocycles. The Balaban J connectivity index is 1.38. The maximum absolute atomic E-state index is 12.1. The van der Waals surface area contributed by atoms with Crippen molar-refractivity contribution >= 4 is 51.0 Å². The average molecular weight is 412 g/mol. The number of hydrogen-bond donors (Lipinski definition) is 1. The summed E-state index contributed by atoms with van der Waals surface area (Å²) in [6.45, 7) is -0.0658. The molecule has 0 aliphatic carbocycles. The molecule has 2 aromatic carbocycles. The van der Waals surface area contributed by atoms with Crippen LogP contribution in [0.25, 0.3) is 22.2 Å². The van der Waals surface area contributed by atoms with Gasteiger partial charge in [0, 0.05) is 27.7 Å². The minimum Gasteiger partial charge on any atom is -0.375 e. The van der Waals surface area contributed by atoms with Gasteiger partial charge in [0.05, 0.1) is 5.69 Å². The topological polar surface area (TPSA) is 73.2 Å². The molecule has 0 aliphatic heterocycles. The number of ether oxygens (including phenoxy) is 1. The molecule has 0 fully saturated rings. The molecule has 1 amide bonds. The van der Waals surface area contributed by atoms with Gasteiger partial charge in [-0.1, -0.05) is 48.0 Å². The quantitative estimate of drug-likeness (QED) is 0.370. The molecule has 6 nitrogen and oxygen atoms in total. The number of aromatic nitrogens is 2. The van der Waals surface area contributed by atoms with Crippen LogP contribution in [-0.2, 0) is 16.1 Å². The number of nitrogens with zero attached hydrogens (tertiary/aromatic N) is 2. The normalized spacial score (nSPS) is 10.8. The zero-order valence-corrected chi connectivity index (χ0v) is 16.0. The second kappa shape index (κ2) is 7.84. The fourth-order valence-electron chi connectivity index (χ4n) is 2.79. The van der Waals surface area contributed by atoms with Crippen molar-refractivity contribution in [1.29, 1.82) is 0 Å². The summed E-state index contributed by atoms with van der Waals surface area (Å²) in [6.07, 6.45) is 0.905. The Morgan fingerprint density at radius 1 is 1.11 bits per heavy atom. The molecular formula is C20H14ClN3O3S. The van der Waals surface area contributed by atoms with Gasteiger partial charge in [0.25, 0.3) is 0 Å². The predicted molar refractivity (Wildman–Crippen MR) is 110 cm³/mol. The van der Waals surface area contributed by atoms with Crippen LogP contribution >= 0.6 is 22.9 Å². The molecule has 0 bridgehead atoms. The summed E-state index contributed by atoms with van der Waals surface area (Å²) < 4.78 is 6.57. The second-order valence-corrected chi connectivity index (χ2v) is 7.17. The third-order valence-electron chi connectivity index (χ3n) is 4.05. The molecule has 0 radical (unpaired) electrons. The summed E-state index contributed by atoms with van der Waals surface area (Å²) in [7, 11) is 0. The van der Waals surface area contributed by atoms with Crippen molar-refractivity contribution in [3.8, 4) is 11.3 Å². The molecule has 2 heterocycles. The fraction of sp³-hybridized carbons (Fsp3) is 0.0500. The first-order valence-corrected chi connectivity index (χ1v) is 9.62. The van der Waals surface area contributed by atoms with Gasteiger partial charge in [0.15, 0.2) is 5.13 Å². The monoisotopic (exact) mass is 411 g/mol. The van der Waals surface area contributed by atoms with Crippen LogP contribution in [0.4, 0.5) is 9.93 Å². The number of nitrogens with one attached hydrogen (secondary N) is 1. The fourth-order valence-corrected chi connectivity index (χ4v) is 3.72. The highest BCUT2D eigenvalue weighted by Gasteiger charge is 2.15. The number of amides is 1. The molecule has 0 atom stereocenters. The predicted octanol–water partition coefficient (Wildman–Crippen LogP) is 5.19. The zero-order valence-electron chi connectivity index (χ0n) is 14.5. The van der Waals surface area contributed by atoms with Crippen LogP contribution in [0, 0.1) is 0 Å². The summed E-state index contributed by atoms with van der Waals surface area (Å²) >= 11 is 7.37. The first kappa shape index (κ1) is 18.2. The Bertz CT molecular complexity index is 1170. The van der Waals surface area contributed by atoms with Crippen molar-refractivity contribution in [2.24, 2.45) is 0 Å². The minimum atomic E-state index is -0.874. The van der Waals surface area contributed by atoms with Gasteiger partial charge in [0.1, 0.15) is 6.54 Å². The van der Waals surface area contributed by atoms with Crippen molar-refractivity contribution in [1.82, 2.24) is 9.55 Å². The first-order chi connectivity index (χ1) is 13.6. The number of fused-ring (bicyclic) bond motifs is 1. The maximum atomic E-state index is 12.1. The van der Waals surface area contributed by atoms with Gasteiger partial charge < -0.3 is 9.30 Å². The van der Waals surface area contributed by atoms with Gasteiger partial charge in [-0.25, -0.2) is 14.6 Å². The van der Waals surface area contributed by atoms with E-state index in [-0.39, 0.29) is 6.54 Å². The summed E-state index contributed by atoms with van der Waals surface area (Å²) in [4.78, 5) is 28.4. The van der Waals surface area contributed by atoms with E-state index >= 15 is 0 Å². The van der Waals surface area contributed by atoms with Crippen LogP contribution in [0.5, 0.6) is 0 Å². The van der Waals surface area contributed by atoms with Crippen LogP contribution in [0.1, 0.15) is 0 Å². The molecule has 8 heteroatoms. The van der Waals surface area contributed by atoms with Crippen LogP contribution in [0.3, 0.4) is 0 Å². The van der Waals surface area contributed by atoms with Gasteiger partial charge in [-0.2, -0.15) is 0 Å².